The van der Waals surface area contributed by atoms with Gasteiger partial charge in [0.25, 0.3) is 0 Å². The molecular weight excluding hydrogens is 376 g/mol. The van der Waals surface area contributed by atoms with Crippen LogP contribution in [0.3, 0.4) is 0 Å². The van der Waals surface area contributed by atoms with Crippen molar-refractivity contribution in [2.75, 3.05) is 19.7 Å². The van der Waals surface area contributed by atoms with Crippen LogP contribution in [0.25, 0.3) is 0 Å². The Morgan fingerprint density at radius 3 is 2.38 bits per heavy atom. The van der Waals surface area contributed by atoms with Gasteiger partial charge in [-0.25, -0.2) is 9.18 Å². The lowest BCUT2D eigenvalue weighted by Gasteiger charge is -2.34. The molecular formula is C21H31BFNO5. The molecule has 1 aromatic carbocycles. The molecule has 0 saturated carbocycles. The lowest BCUT2D eigenvalue weighted by atomic mass is 9.78. The van der Waals surface area contributed by atoms with Gasteiger partial charge in [0.1, 0.15) is 17.5 Å². The maximum Gasteiger partial charge on any atom is 0.497 e. The number of nitrogens with zero attached hydrogens (tertiary/aromatic N) is 1. The molecule has 6 nitrogen and oxygen atoms in total. The number of halogens is 1. The van der Waals surface area contributed by atoms with E-state index < -0.39 is 35.8 Å². The summed E-state index contributed by atoms with van der Waals surface area (Å²) in [6.07, 6.45) is -0.807. The Balaban J connectivity index is 1.73. The molecule has 160 valence electrons. The van der Waals surface area contributed by atoms with E-state index in [1.807, 2.05) is 48.5 Å². The lowest BCUT2D eigenvalue weighted by Crippen LogP contribution is -2.44. The Kier molecular flexibility index (Phi) is 5.75. The minimum Gasteiger partial charge on any atom is -0.444 e. The van der Waals surface area contributed by atoms with E-state index in [1.165, 1.54) is 6.07 Å². The maximum atomic E-state index is 14.9. The smallest absolute Gasteiger partial charge is 0.444 e. The maximum absolute atomic E-state index is 14.9. The molecule has 0 aromatic heterocycles. The molecule has 1 amide bonds. The SMILES string of the molecule is CC(C)(C)OC(=O)N1CCOC(c2ccc(B3OC(C)(C)C(C)(C)O3)c(F)c2)C1. The monoisotopic (exact) mass is 407 g/mol. The summed E-state index contributed by atoms with van der Waals surface area (Å²) < 4.78 is 38.0. The number of carbonyl (C=O) groups is 1. The highest BCUT2D eigenvalue weighted by Crippen LogP contribution is 2.36. The summed E-state index contributed by atoms with van der Waals surface area (Å²) >= 11 is 0. The number of rotatable bonds is 2. The molecule has 2 aliphatic heterocycles. The third kappa shape index (κ3) is 4.76. The van der Waals surface area contributed by atoms with Crippen molar-refractivity contribution in [3.8, 4) is 0 Å². The molecule has 3 rings (SSSR count). The van der Waals surface area contributed by atoms with E-state index >= 15 is 0 Å². The summed E-state index contributed by atoms with van der Waals surface area (Å²) in [6, 6.07) is 4.90. The van der Waals surface area contributed by atoms with Crippen LogP contribution in [0.5, 0.6) is 0 Å². The Morgan fingerprint density at radius 1 is 1.21 bits per heavy atom. The summed E-state index contributed by atoms with van der Waals surface area (Å²) in [5.74, 6) is -0.418. The molecule has 1 unspecified atom stereocenters. The van der Waals surface area contributed by atoms with E-state index in [2.05, 4.69) is 0 Å². The Labute approximate surface area is 172 Å². The molecule has 8 heteroatoms. The second-order valence-corrected chi connectivity index (χ2v) is 9.65. The van der Waals surface area contributed by atoms with Crippen molar-refractivity contribution in [1.82, 2.24) is 4.90 Å². The van der Waals surface area contributed by atoms with Gasteiger partial charge >= 0.3 is 13.2 Å². The summed E-state index contributed by atoms with van der Waals surface area (Å²) in [5, 5.41) is 0. The van der Waals surface area contributed by atoms with Gasteiger partial charge in [0.05, 0.1) is 24.4 Å². The van der Waals surface area contributed by atoms with E-state index in [0.29, 0.717) is 30.7 Å². The van der Waals surface area contributed by atoms with Crippen molar-refractivity contribution in [2.45, 2.75) is 71.4 Å². The second kappa shape index (κ2) is 7.56. The summed E-state index contributed by atoms with van der Waals surface area (Å²) in [6.45, 7) is 14.3. The first-order valence-corrected chi connectivity index (χ1v) is 10.0. The molecule has 0 spiro atoms. The van der Waals surface area contributed by atoms with Crippen LogP contribution in [0.4, 0.5) is 9.18 Å². The largest absolute Gasteiger partial charge is 0.497 e. The molecule has 2 aliphatic rings. The van der Waals surface area contributed by atoms with Crippen LogP contribution in [-0.2, 0) is 18.8 Å². The zero-order valence-corrected chi connectivity index (χ0v) is 18.4. The topological polar surface area (TPSA) is 57.2 Å². The number of morpholine rings is 1. The highest BCUT2D eigenvalue weighted by molar-refractivity contribution is 6.62. The van der Waals surface area contributed by atoms with E-state index in [4.69, 9.17) is 18.8 Å². The second-order valence-electron chi connectivity index (χ2n) is 9.65. The van der Waals surface area contributed by atoms with Crippen LogP contribution in [0.15, 0.2) is 18.2 Å². The molecule has 0 N–H and O–H groups in total. The third-order valence-electron chi connectivity index (χ3n) is 5.62. The van der Waals surface area contributed by atoms with Crippen LogP contribution in [0.1, 0.15) is 60.1 Å². The number of amides is 1. The van der Waals surface area contributed by atoms with Crippen LogP contribution in [0, 0.1) is 5.82 Å². The number of hydrogen-bond acceptors (Lipinski definition) is 5. The van der Waals surface area contributed by atoms with Crippen molar-refractivity contribution in [2.24, 2.45) is 0 Å². The van der Waals surface area contributed by atoms with E-state index in [1.54, 1.807) is 17.0 Å². The Morgan fingerprint density at radius 2 is 1.83 bits per heavy atom. The van der Waals surface area contributed by atoms with E-state index in [-0.39, 0.29) is 6.09 Å². The van der Waals surface area contributed by atoms with Gasteiger partial charge in [0, 0.05) is 12.0 Å². The number of hydrogen-bond donors (Lipinski definition) is 0. The molecule has 29 heavy (non-hydrogen) atoms. The zero-order chi connectivity index (χ0) is 21.6. The first-order valence-electron chi connectivity index (χ1n) is 10.0. The molecule has 0 radical (unpaired) electrons. The van der Waals surface area contributed by atoms with Crippen molar-refractivity contribution in [1.29, 1.82) is 0 Å². The average Bonchev–Trinajstić information content (AvgIpc) is 2.81. The predicted molar refractivity (Wildman–Crippen MR) is 109 cm³/mol. The van der Waals surface area contributed by atoms with E-state index in [0.717, 1.165) is 0 Å². The van der Waals surface area contributed by atoms with Crippen molar-refractivity contribution in [3.63, 3.8) is 0 Å². The van der Waals surface area contributed by atoms with Gasteiger partial charge in [-0.3, -0.25) is 0 Å². The molecule has 1 aromatic rings. The Hall–Kier alpha value is -1.64. The predicted octanol–water partition coefficient (Wildman–Crippen LogP) is 3.43. The highest BCUT2D eigenvalue weighted by atomic mass is 19.1. The van der Waals surface area contributed by atoms with Crippen LogP contribution >= 0.6 is 0 Å². The van der Waals surface area contributed by atoms with Gasteiger partial charge in [-0.15, -0.1) is 0 Å². The fourth-order valence-electron chi connectivity index (χ4n) is 3.25. The average molecular weight is 407 g/mol. The Bertz CT molecular complexity index is 761. The molecule has 1 atom stereocenters. The van der Waals surface area contributed by atoms with Crippen LogP contribution in [0.2, 0.25) is 0 Å². The van der Waals surface area contributed by atoms with E-state index in [9.17, 15) is 9.18 Å². The quantitative estimate of drug-likeness (QED) is 0.704. The molecule has 2 heterocycles. The summed E-state index contributed by atoms with van der Waals surface area (Å²) in [5.41, 5.74) is -0.628. The standard InChI is InChI=1S/C21H31BFNO5/c1-19(2,3)27-18(25)24-10-11-26-17(13-24)14-8-9-15(16(23)12-14)22-28-20(4,5)21(6,7)29-22/h8-9,12,17H,10-11,13H2,1-7H3. The van der Waals surface area contributed by atoms with Gasteiger partial charge in [-0.2, -0.15) is 0 Å². The number of benzene rings is 1. The summed E-state index contributed by atoms with van der Waals surface area (Å²) in [7, 11) is -0.764. The van der Waals surface area contributed by atoms with Gasteiger partial charge < -0.3 is 23.7 Å². The fourth-order valence-corrected chi connectivity index (χ4v) is 3.25. The molecule has 0 aliphatic carbocycles. The highest BCUT2D eigenvalue weighted by Gasteiger charge is 2.52. The minimum absolute atomic E-state index is 0.310. The van der Waals surface area contributed by atoms with Crippen molar-refractivity contribution >= 4 is 18.7 Å². The first kappa shape index (κ1) is 22.1. The molecule has 2 saturated heterocycles. The minimum atomic E-state index is -0.764. The summed E-state index contributed by atoms with van der Waals surface area (Å²) in [4.78, 5) is 13.9. The van der Waals surface area contributed by atoms with Crippen LogP contribution < -0.4 is 5.46 Å². The lowest BCUT2D eigenvalue weighted by molar-refractivity contribution is -0.0433. The van der Waals surface area contributed by atoms with Crippen molar-refractivity contribution in [3.05, 3.63) is 29.6 Å². The van der Waals surface area contributed by atoms with Gasteiger partial charge in [0.2, 0.25) is 0 Å². The van der Waals surface area contributed by atoms with Gasteiger partial charge in [-0.05, 0) is 60.1 Å². The molecule has 2 fully saturated rings. The number of carbonyl (C=O) groups excluding carboxylic acids is 1. The van der Waals surface area contributed by atoms with Gasteiger partial charge in [-0.1, -0.05) is 12.1 Å². The normalized spacial score (nSPS) is 23.9. The first-order chi connectivity index (χ1) is 13.3. The van der Waals surface area contributed by atoms with Crippen molar-refractivity contribution < 1.29 is 28.0 Å². The molecule has 0 bridgehead atoms. The van der Waals surface area contributed by atoms with Crippen LogP contribution in [-0.4, -0.2) is 54.6 Å². The fraction of sp³-hybridized carbons (Fsp3) is 0.667. The van der Waals surface area contributed by atoms with Gasteiger partial charge in [0.15, 0.2) is 0 Å². The third-order valence-corrected chi connectivity index (χ3v) is 5.62. The number of ether oxygens (including phenoxy) is 2. The zero-order valence-electron chi connectivity index (χ0n) is 18.4.